The van der Waals surface area contributed by atoms with E-state index in [0.717, 1.165) is 5.75 Å². The number of ether oxygens (including phenoxy) is 1. The first-order valence-corrected chi connectivity index (χ1v) is 6.46. The van der Waals surface area contributed by atoms with Crippen LogP contribution in [0.2, 0.25) is 0 Å². The zero-order valence-electron chi connectivity index (χ0n) is 11.6. The van der Waals surface area contributed by atoms with Crippen molar-refractivity contribution in [2.75, 3.05) is 0 Å². The van der Waals surface area contributed by atoms with Crippen molar-refractivity contribution in [1.82, 2.24) is 0 Å². The lowest BCUT2D eigenvalue weighted by atomic mass is 9.97. The highest BCUT2D eigenvalue weighted by molar-refractivity contribution is 6.00. The zero-order chi connectivity index (χ0) is 13.7. The maximum Gasteiger partial charge on any atom is 0.179 e. The van der Waals surface area contributed by atoms with E-state index in [1.807, 2.05) is 26.0 Å². The molecule has 0 saturated heterocycles. The Kier molecular flexibility index (Phi) is 5.35. The van der Waals surface area contributed by atoms with E-state index in [2.05, 4.69) is 13.8 Å². The van der Waals surface area contributed by atoms with Gasteiger partial charge in [0.15, 0.2) is 5.78 Å². The van der Waals surface area contributed by atoms with Crippen LogP contribution < -0.4 is 10.5 Å². The summed E-state index contributed by atoms with van der Waals surface area (Å²) in [6.45, 7) is 8.06. The topological polar surface area (TPSA) is 52.3 Å². The van der Waals surface area contributed by atoms with Crippen LogP contribution in [0.25, 0.3) is 0 Å². The van der Waals surface area contributed by atoms with Crippen LogP contribution in [0.5, 0.6) is 5.75 Å². The molecule has 100 valence electrons. The summed E-state index contributed by atoms with van der Waals surface area (Å²) < 4.78 is 5.53. The summed E-state index contributed by atoms with van der Waals surface area (Å²) in [4.78, 5) is 12.0. The first-order chi connectivity index (χ1) is 8.40. The van der Waals surface area contributed by atoms with Crippen LogP contribution in [0.4, 0.5) is 0 Å². The van der Waals surface area contributed by atoms with E-state index in [4.69, 9.17) is 10.5 Å². The third-order valence-corrected chi connectivity index (χ3v) is 2.57. The van der Waals surface area contributed by atoms with Crippen molar-refractivity contribution in [2.24, 2.45) is 11.7 Å². The van der Waals surface area contributed by atoms with Crippen LogP contribution in [-0.2, 0) is 0 Å². The second-order valence-electron chi connectivity index (χ2n) is 5.29. The average Bonchev–Trinajstić information content (AvgIpc) is 2.27. The number of hydrogen-bond donors (Lipinski definition) is 1. The van der Waals surface area contributed by atoms with Gasteiger partial charge in [0.05, 0.1) is 12.1 Å². The van der Waals surface area contributed by atoms with Gasteiger partial charge < -0.3 is 10.5 Å². The Hall–Kier alpha value is -1.35. The molecule has 3 nitrogen and oxygen atoms in total. The molecule has 0 bridgehead atoms. The SMILES string of the molecule is CC(C)CC(N)C(=O)c1ccc(OC(C)C)cc1. The summed E-state index contributed by atoms with van der Waals surface area (Å²) in [5.41, 5.74) is 6.54. The van der Waals surface area contributed by atoms with Crippen molar-refractivity contribution in [3.8, 4) is 5.75 Å². The predicted octanol–water partition coefficient (Wildman–Crippen LogP) is 3.03. The smallest absolute Gasteiger partial charge is 0.179 e. The van der Waals surface area contributed by atoms with Gasteiger partial charge in [-0.05, 0) is 50.5 Å². The number of carbonyl (C=O) groups is 1. The summed E-state index contributed by atoms with van der Waals surface area (Å²) in [7, 11) is 0. The van der Waals surface area contributed by atoms with E-state index >= 15 is 0 Å². The molecule has 0 spiro atoms. The minimum absolute atomic E-state index is 0.000188. The molecule has 0 aliphatic carbocycles. The second-order valence-corrected chi connectivity index (χ2v) is 5.29. The van der Waals surface area contributed by atoms with Gasteiger partial charge in [0, 0.05) is 5.56 Å². The normalized spacial score (nSPS) is 12.8. The van der Waals surface area contributed by atoms with Crippen molar-refractivity contribution >= 4 is 5.78 Å². The number of Topliss-reactive ketones (excluding diaryl/α,β-unsaturated/α-hetero) is 1. The highest BCUT2D eigenvalue weighted by atomic mass is 16.5. The van der Waals surface area contributed by atoms with Crippen LogP contribution >= 0.6 is 0 Å². The number of nitrogens with two attached hydrogens (primary N) is 1. The third-order valence-electron chi connectivity index (χ3n) is 2.57. The van der Waals surface area contributed by atoms with Crippen LogP contribution in [0.3, 0.4) is 0 Å². The van der Waals surface area contributed by atoms with E-state index < -0.39 is 6.04 Å². The Bertz CT molecular complexity index is 382. The van der Waals surface area contributed by atoms with Crippen LogP contribution in [-0.4, -0.2) is 17.9 Å². The number of rotatable bonds is 6. The molecule has 0 fully saturated rings. The van der Waals surface area contributed by atoms with Gasteiger partial charge >= 0.3 is 0 Å². The fourth-order valence-electron chi connectivity index (χ4n) is 1.80. The largest absolute Gasteiger partial charge is 0.491 e. The van der Waals surface area contributed by atoms with Crippen molar-refractivity contribution in [2.45, 2.75) is 46.3 Å². The molecular weight excluding hydrogens is 226 g/mol. The molecular formula is C15H23NO2. The average molecular weight is 249 g/mol. The van der Waals surface area contributed by atoms with E-state index in [-0.39, 0.29) is 11.9 Å². The van der Waals surface area contributed by atoms with Gasteiger partial charge in [0.1, 0.15) is 5.75 Å². The number of ketones is 1. The number of hydrogen-bond acceptors (Lipinski definition) is 3. The first kappa shape index (κ1) is 14.7. The Labute approximate surface area is 109 Å². The van der Waals surface area contributed by atoms with Crippen LogP contribution in [0, 0.1) is 5.92 Å². The summed E-state index contributed by atoms with van der Waals surface area (Å²) >= 11 is 0. The van der Waals surface area contributed by atoms with E-state index in [0.29, 0.717) is 17.9 Å². The van der Waals surface area contributed by atoms with Gasteiger partial charge in [-0.15, -0.1) is 0 Å². The lowest BCUT2D eigenvalue weighted by Gasteiger charge is -2.14. The molecule has 18 heavy (non-hydrogen) atoms. The molecule has 1 atom stereocenters. The van der Waals surface area contributed by atoms with E-state index in [1.165, 1.54) is 0 Å². The Morgan fingerprint density at radius 1 is 1.17 bits per heavy atom. The summed E-state index contributed by atoms with van der Waals surface area (Å²) in [5, 5.41) is 0. The molecule has 3 heteroatoms. The minimum Gasteiger partial charge on any atom is -0.491 e. The Morgan fingerprint density at radius 2 is 1.72 bits per heavy atom. The highest BCUT2D eigenvalue weighted by Crippen LogP contribution is 2.16. The Balaban J connectivity index is 2.69. The highest BCUT2D eigenvalue weighted by Gasteiger charge is 2.16. The van der Waals surface area contributed by atoms with Gasteiger partial charge in [-0.25, -0.2) is 0 Å². The molecule has 1 aromatic carbocycles. The molecule has 0 heterocycles. The van der Waals surface area contributed by atoms with Gasteiger partial charge in [-0.3, -0.25) is 4.79 Å². The second kappa shape index (κ2) is 6.55. The van der Waals surface area contributed by atoms with Crippen molar-refractivity contribution in [3.63, 3.8) is 0 Å². The maximum atomic E-state index is 12.0. The molecule has 1 aromatic rings. The molecule has 0 amide bonds. The fourth-order valence-corrected chi connectivity index (χ4v) is 1.80. The lowest BCUT2D eigenvalue weighted by Crippen LogP contribution is -2.31. The molecule has 0 radical (unpaired) electrons. The summed E-state index contributed by atoms with van der Waals surface area (Å²) in [6, 6.07) is 6.77. The molecule has 1 rings (SSSR count). The maximum absolute atomic E-state index is 12.0. The van der Waals surface area contributed by atoms with Crippen LogP contribution in [0.1, 0.15) is 44.5 Å². The predicted molar refractivity (Wildman–Crippen MR) is 74.0 cm³/mol. The van der Waals surface area contributed by atoms with Crippen molar-refractivity contribution in [3.05, 3.63) is 29.8 Å². The number of benzene rings is 1. The molecule has 2 N–H and O–H groups in total. The molecule has 1 unspecified atom stereocenters. The molecule has 0 aliphatic heterocycles. The quantitative estimate of drug-likeness (QED) is 0.788. The Morgan fingerprint density at radius 3 is 2.17 bits per heavy atom. The monoisotopic (exact) mass is 249 g/mol. The lowest BCUT2D eigenvalue weighted by molar-refractivity contribution is 0.0951. The van der Waals surface area contributed by atoms with E-state index in [1.54, 1.807) is 12.1 Å². The van der Waals surface area contributed by atoms with Gasteiger partial charge in [-0.2, -0.15) is 0 Å². The molecule has 0 saturated carbocycles. The fraction of sp³-hybridized carbons (Fsp3) is 0.533. The van der Waals surface area contributed by atoms with Crippen LogP contribution in [0.15, 0.2) is 24.3 Å². The summed E-state index contributed by atoms with van der Waals surface area (Å²) in [6.07, 6.45) is 0.845. The summed E-state index contributed by atoms with van der Waals surface area (Å²) in [5.74, 6) is 1.20. The standard InChI is InChI=1S/C15H23NO2/c1-10(2)9-14(16)15(17)12-5-7-13(8-6-12)18-11(3)4/h5-8,10-11,14H,9,16H2,1-4H3. The van der Waals surface area contributed by atoms with Gasteiger partial charge in [-0.1, -0.05) is 13.8 Å². The first-order valence-electron chi connectivity index (χ1n) is 6.46. The van der Waals surface area contributed by atoms with Crippen molar-refractivity contribution in [1.29, 1.82) is 0 Å². The molecule has 0 aliphatic rings. The number of carbonyl (C=O) groups excluding carboxylic acids is 1. The van der Waals surface area contributed by atoms with Gasteiger partial charge in [0.25, 0.3) is 0 Å². The third kappa shape index (κ3) is 4.49. The zero-order valence-corrected chi connectivity index (χ0v) is 11.6. The van der Waals surface area contributed by atoms with E-state index in [9.17, 15) is 4.79 Å². The minimum atomic E-state index is -0.415. The van der Waals surface area contributed by atoms with Crippen molar-refractivity contribution < 1.29 is 9.53 Å². The van der Waals surface area contributed by atoms with Gasteiger partial charge in [0.2, 0.25) is 0 Å². The molecule has 0 aromatic heterocycles.